The van der Waals surface area contributed by atoms with Crippen molar-refractivity contribution in [2.45, 2.75) is 49.4 Å². The third-order valence-electron chi connectivity index (χ3n) is 5.53. The van der Waals surface area contributed by atoms with Gasteiger partial charge in [0.1, 0.15) is 0 Å². The fourth-order valence-corrected chi connectivity index (χ4v) is 5.26. The van der Waals surface area contributed by atoms with Crippen LogP contribution in [0.5, 0.6) is 0 Å². The molecule has 23 heavy (non-hydrogen) atoms. The van der Waals surface area contributed by atoms with Gasteiger partial charge in [-0.3, -0.25) is 4.79 Å². The molecule has 2 fully saturated rings. The van der Waals surface area contributed by atoms with E-state index < -0.39 is 0 Å². The molecule has 2 saturated heterocycles. The van der Waals surface area contributed by atoms with E-state index in [-0.39, 0.29) is 0 Å². The molecule has 0 aromatic heterocycles. The highest BCUT2D eigenvalue weighted by Gasteiger charge is 2.42. The van der Waals surface area contributed by atoms with Crippen molar-refractivity contribution >= 4 is 28.4 Å². The van der Waals surface area contributed by atoms with Crippen molar-refractivity contribution in [1.29, 1.82) is 0 Å². The third-order valence-corrected chi connectivity index (χ3v) is 6.58. The van der Waals surface area contributed by atoms with Crippen LogP contribution < -0.4 is 0 Å². The Hall–Kier alpha value is -1.48. The monoisotopic (exact) mass is 325 g/mol. The molecule has 2 aromatic rings. The summed E-state index contributed by atoms with van der Waals surface area (Å²) in [6, 6.07) is 15.6. The van der Waals surface area contributed by atoms with Gasteiger partial charge in [0.2, 0.25) is 5.91 Å². The minimum absolute atomic E-state index is 0.327. The molecule has 3 atom stereocenters. The molecule has 2 bridgehead atoms. The fourth-order valence-electron chi connectivity index (χ4n) is 4.43. The molecule has 1 unspecified atom stereocenters. The molecule has 4 rings (SSSR count). The number of carbonyl (C=O) groups is 1. The van der Waals surface area contributed by atoms with E-state index >= 15 is 0 Å². The quantitative estimate of drug-likeness (QED) is 0.840. The van der Waals surface area contributed by atoms with Gasteiger partial charge in [0.15, 0.2) is 0 Å². The lowest BCUT2D eigenvalue weighted by molar-refractivity contribution is -0.134. The summed E-state index contributed by atoms with van der Waals surface area (Å²) < 4.78 is 0. The molecule has 2 heterocycles. The van der Waals surface area contributed by atoms with E-state index in [1.165, 1.54) is 42.0 Å². The molecule has 0 radical (unpaired) electrons. The van der Waals surface area contributed by atoms with Crippen molar-refractivity contribution in [2.75, 3.05) is 6.26 Å². The van der Waals surface area contributed by atoms with Gasteiger partial charge in [-0.2, -0.15) is 11.8 Å². The normalized spacial score (nSPS) is 26.7. The average Bonchev–Trinajstić information content (AvgIpc) is 2.85. The van der Waals surface area contributed by atoms with Crippen LogP contribution in [0.4, 0.5) is 0 Å². The topological polar surface area (TPSA) is 20.3 Å². The lowest BCUT2D eigenvalue weighted by Crippen LogP contribution is -2.47. The van der Waals surface area contributed by atoms with Crippen LogP contribution >= 0.6 is 11.8 Å². The highest BCUT2D eigenvalue weighted by atomic mass is 32.2. The second-order valence-electron chi connectivity index (χ2n) is 6.83. The second-order valence-corrected chi connectivity index (χ2v) is 7.97. The number of benzene rings is 2. The van der Waals surface area contributed by atoms with E-state index in [9.17, 15) is 4.79 Å². The van der Waals surface area contributed by atoms with Gasteiger partial charge in [0, 0.05) is 17.3 Å². The highest BCUT2D eigenvalue weighted by Crippen LogP contribution is 2.40. The first kappa shape index (κ1) is 15.1. The van der Waals surface area contributed by atoms with Crippen LogP contribution in [-0.2, 0) is 11.2 Å². The maximum absolute atomic E-state index is 13.0. The average molecular weight is 325 g/mol. The van der Waals surface area contributed by atoms with Crippen LogP contribution in [0.1, 0.15) is 31.2 Å². The Bertz CT molecular complexity index is 709. The van der Waals surface area contributed by atoms with E-state index in [2.05, 4.69) is 53.6 Å². The van der Waals surface area contributed by atoms with E-state index in [1.54, 1.807) is 0 Å². The summed E-state index contributed by atoms with van der Waals surface area (Å²) in [4.78, 5) is 15.2. The Kier molecular flexibility index (Phi) is 4.06. The molecule has 2 aliphatic rings. The van der Waals surface area contributed by atoms with Crippen molar-refractivity contribution in [2.24, 2.45) is 0 Å². The summed E-state index contributed by atoms with van der Waals surface area (Å²) in [5, 5.41) is 3.19. The molecular formula is C20H23NOS. The molecule has 0 saturated carbocycles. The predicted octanol–water partition coefficient (Wildman–Crippen LogP) is 4.27. The molecule has 2 nitrogen and oxygen atoms in total. The van der Waals surface area contributed by atoms with Crippen LogP contribution in [0.2, 0.25) is 0 Å². The van der Waals surface area contributed by atoms with Gasteiger partial charge >= 0.3 is 0 Å². The Morgan fingerprint density at radius 1 is 1.09 bits per heavy atom. The molecule has 2 aromatic carbocycles. The van der Waals surface area contributed by atoms with Crippen LogP contribution in [0, 0.1) is 0 Å². The molecule has 3 heteroatoms. The van der Waals surface area contributed by atoms with Crippen LogP contribution in [0.25, 0.3) is 10.8 Å². The number of rotatable bonds is 3. The summed E-state index contributed by atoms with van der Waals surface area (Å²) in [6.07, 6.45) is 7.50. The largest absolute Gasteiger partial charge is 0.336 e. The molecule has 0 aliphatic carbocycles. The lowest BCUT2D eigenvalue weighted by Gasteiger charge is -2.38. The van der Waals surface area contributed by atoms with Gasteiger partial charge in [-0.25, -0.2) is 0 Å². The van der Waals surface area contributed by atoms with Crippen LogP contribution in [-0.4, -0.2) is 34.4 Å². The lowest BCUT2D eigenvalue weighted by atomic mass is 9.98. The zero-order valence-corrected chi connectivity index (χ0v) is 14.4. The Morgan fingerprint density at radius 3 is 2.52 bits per heavy atom. The SMILES string of the molecule is CSC1C[C@H]2CC[C@@H](C1)N2C(=O)Cc1cccc2ccccc12. The fraction of sp³-hybridized carbons (Fsp3) is 0.450. The number of carbonyl (C=O) groups excluding carboxylic acids is 1. The third kappa shape index (κ3) is 2.76. The van der Waals surface area contributed by atoms with Gasteiger partial charge in [-0.05, 0) is 48.3 Å². The molecule has 1 amide bonds. The van der Waals surface area contributed by atoms with Gasteiger partial charge in [0.05, 0.1) is 6.42 Å². The zero-order chi connectivity index (χ0) is 15.8. The predicted molar refractivity (Wildman–Crippen MR) is 97.8 cm³/mol. The number of hydrogen-bond donors (Lipinski definition) is 0. The second kappa shape index (κ2) is 6.20. The number of nitrogens with zero attached hydrogens (tertiary/aromatic N) is 1. The zero-order valence-electron chi connectivity index (χ0n) is 13.6. The number of hydrogen-bond acceptors (Lipinski definition) is 2. The van der Waals surface area contributed by atoms with Crippen LogP contribution in [0.3, 0.4) is 0 Å². The first-order valence-electron chi connectivity index (χ1n) is 8.57. The minimum atomic E-state index is 0.327. The minimum Gasteiger partial charge on any atom is -0.336 e. The summed E-state index contributed by atoms with van der Waals surface area (Å²) in [5.74, 6) is 0.327. The first-order valence-corrected chi connectivity index (χ1v) is 9.85. The summed E-state index contributed by atoms with van der Waals surface area (Å²) in [5.41, 5.74) is 1.17. The first-order chi connectivity index (χ1) is 11.3. The van der Waals surface area contributed by atoms with Crippen molar-refractivity contribution in [3.05, 3.63) is 48.0 Å². The summed E-state index contributed by atoms with van der Waals surface area (Å²) >= 11 is 1.97. The Labute approximate surface area is 142 Å². The van der Waals surface area contributed by atoms with E-state index in [4.69, 9.17) is 0 Å². The van der Waals surface area contributed by atoms with Gasteiger partial charge < -0.3 is 4.90 Å². The van der Waals surface area contributed by atoms with E-state index in [0.29, 0.717) is 24.4 Å². The Morgan fingerprint density at radius 2 is 1.78 bits per heavy atom. The number of fused-ring (bicyclic) bond motifs is 3. The van der Waals surface area contributed by atoms with E-state index in [1.807, 2.05) is 11.8 Å². The maximum Gasteiger partial charge on any atom is 0.227 e. The Balaban J connectivity index is 1.56. The molecule has 2 aliphatic heterocycles. The van der Waals surface area contributed by atoms with E-state index in [0.717, 1.165) is 5.25 Å². The molecule has 0 N–H and O–H groups in total. The van der Waals surface area contributed by atoms with Crippen molar-refractivity contribution in [3.63, 3.8) is 0 Å². The van der Waals surface area contributed by atoms with Gasteiger partial charge in [-0.1, -0.05) is 42.5 Å². The smallest absolute Gasteiger partial charge is 0.227 e. The summed E-state index contributed by atoms with van der Waals surface area (Å²) in [6.45, 7) is 0. The van der Waals surface area contributed by atoms with Crippen molar-refractivity contribution in [1.82, 2.24) is 4.90 Å². The maximum atomic E-state index is 13.0. The number of thioether (sulfide) groups is 1. The number of piperidine rings is 1. The van der Waals surface area contributed by atoms with Gasteiger partial charge in [0.25, 0.3) is 0 Å². The molecule has 0 spiro atoms. The standard InChI is InChI=1S/C20H23NOS/c1-23-18-12-16-9-10-17(13-18)21(16)20(22)11-15-7-4-6-14-5-2-3-8-19(14)15/h2-8,16-18H,9-13H2,1H3/t16-,17+,18?. The number of amides is 1. The molecule has 120 valence electrons. The highest BCUT2D eigenvalue weighted by molar-refractivity contribution is 7.99. The summed E-state index contributed by atoms with van der Waals surface area (Å²) in [7, 11) is 0. The van der Waals surface area contributed by atoms with Gasteiger partial charge in [-0.15, -0.1) is 0 Å². The molecular weight excluding hydrogens is 302 g/mol. The van der Waals surface area contributed by atoms with Crippen LogP contribution in [0.15, 0.2) is 42.5 Å². The van der Waals surface area contributed by atoms with Crippen molar-refractivity contribution < 1.29 is 4.79 Å². The van der Waals surface area contributed by atoms with Crippen molar-refractivity contribution in [3.8, 4) is 0 Å².